The average Bonchev–Trinajstić information content (AvgIpc) is 2.98. The molecule has 108 valence electrons. The van der Waals surface area contributed by atoms with Crippen LogP contribution < -0.4 is 10.1 Å². The van der Waals surface area contributed by atoms with Crippen LogP contribution in [0.15, 0.2) is 41.0 Å². The van der Waals surface area contributed by atoms with Crippen molar-refractivity contribution in [3.63, 3.8) is 0 Å². The maximum absolute atomic E-state index is 5.44. The zero-order valence-corrected chi connectivity index (χ0v) is 12.8. The van der Waals surface area contributed by atoms with Crippen LogP contribution in [0.2, 0.25) is 0 Å². The fourth-order valence-electron chi connectivity index (χ4n) is 1.98. The van der Waals surface area contributed by atoms with Crippen molar-refractivity contribution < 1.29 is 9.15 Å². The molecule has 0 atom stereocenters. The van der Waals surface area contributed by atoms with Crippen molar-refractivity contribution in [1.29, 1.82) is 0 Å². The Bertz CT molecular complexity index is 511. The summed E-state index contributed by atoms with van der Waals surface area (Å²) < 4.78 is 10.8. The Morgan fingerprint density at radius 2 is 2.15 bits per heavy atom. The Balaban J connectivity index is 1.96. The first-order valence-electron chi connectivity index (χ1n) is 6.80. The summed E-state index contributed by atoms with van der Waals surface area (Å²) >= 11 is 1.83. The molecule has 3 nitrogen and oxygen atoms in total. The number of methoxy groups -OCH3 is 1. The fourth-order valence-corrected chi connectivity index (χ4v) is 2.89. The molecule has 0 aliphatic rings. The second kappa shape index (κ2) is 8.02. The van der Waals surface area contributed by atoms with E-state index in [-0.39, 0.29) is 0 Å². The average molecular weight is 291 g/mol. The number of rotatable bonds is 8. The molecule has 0 aliphatic carbocycles. The summed E-state index contributed by atoms with van der Waals surface area (Å²) in [5.74, 6) is 3.77. The lowest BCUT2D eigenvalue weighted by atomic mass is 10.1. The third-order valence-electron chi connectivity index (χ3n) is 3.01. The first-order valence-corrected chi connectivity index (χ1v) is 7.95. The zero-order chi connectivity index (χ0) is 14.2. The van der Waals surface area contributed by atoms with Crippen LogP contribution in [0.3, 0.4) is 0 Å². The van der Waals surface area contributed by atoms with Gasteiger partial charge in [-0.2, -0.15) is 0 Å². The number of benzene rings is 1. The van der Waals surface area contributed by atoms with Crippen LogP contribution in [0.5, 0.6) is 5.75 Å². The lowest BCUT2D eigenvalue weighted by Gasteiger charge is -2.11. The highest BCUT2D eigenvalue weighted by molar-refractivity contribution is 7.97. The summed E-state index contributed by atoms with van der Waals surface area (Å²) in [6.07, 6.45) is 1.72. The minimum atomic E-state index is 0.883. The molecule has 0 fully saturated rings. The second-order valence-electron chi connectivity index (χ2n) is 4.50. The van der Waals surface area contributed by atoms with E-state index in [9.17, 15) is 0 Å². The second-order valence-corrected chi connectivity index (χ2v) is 5.48. The lowest BCUT2D eigenvalue weighted by Crippen LogP contribution is -2.11. The molecule has 0 saturated heterocycles. The summed E-state index contributed by atoms with van der Waals surface area (Å²) in [7, 11) is 1.72. The standard InChI is InChI=1S/C16H21NO2S/c1-3-17-10-13-6-7-16(18-2)14(9-13)11-20-12-15-5-4-8-19-15/h4-9,17H,3,10-12H2,1-2H3. The minimum absolute atomic E-state index is 0.883. The zero-order valence-electron chi connectivity index (χ0n) is 12.0. The van der Waals surface area contributed by atoms with Gasteiger partial charge in [-0.15, -0.1) is 11.8 Å². The molecule has 2 aromatic rings. The van der Waals surface area contributed by atoms with Crippen molar-refractivity contribution in [1.82, 2.24) is 5.32 Å². The van der Waals surface area contributed by atoms with E-state index < -0.39 is 0 Å². The van der Waals surface area contributed by atoms with Crippen molar-refractivity contribution in [2.45, 2.75) is 25.0 Å². The Hall–Kier alpha value is -1.39. The van der Waals surface area contributed by atoms with Gasteiger partial charge in [0.05, 0.1) is 19.1 Å². The van der Waals surface area contributed by atoms with E-state index in [2.05, 4.69) is 30.4 Å². The fraction of sp³-hybridized carbons (Fsp3) is 0.375. The van der Waals surface area contributed by atoms with Gasteiger partial charge in [-0.3, -0.25) is 0 Å². The molecule has 0 radical (unpaired) electrons. The van der Waals surface area contributed by atoms with Crippen molar-refractivity contribution in [3.05, 3.63) is 53.5 Å². The monoisotopic (exact) mass is 291 g/mol. The SMILES string of the molecule is CCNCc1ccc(OC)c(CSCc2ccco2)c1. The van der Waals surface area contributed by atoms with E-state index >= 15 is 0 Å². The number of hydrogen-bond acceptors (Lipinski definition) is 4. The highest BCUT2D eigenvalue weighted by Crippen LogP contribution is 2.26. The number of ether oxygens (including phenoxy) is 1. The van der Waals surface area contributed by atoms with E-state index in [1.54, 1.807) is 13.4 Å². The minimum Gasteiger partial charge on any atom is -0.496 e. The summed E-state index contributed by atoms with van der Waals surface area (Å²) in [5.41, 5.74) is 2.53. The van der Waals surface area contributed by atoms with E-state index in [1.165, 1.54) is 11.1 Å². The molecule has 0 amide bonds. The molecule has 20 heavy (non-hydrogen) atoms. The van der Waals surface area contributed by atoms with Crippen molar-refractivity contribution in [2.75, 3.05) is 13.7 Å². The molecule has 4 heteroatoms. The summed E-state index contributed by atoms with van der Waals surface area (Å²) in [6.45, 7) is 3.99. The summed E-state index contributed by atoms with van der Waals surface area (Å²) in [5, 5.41) is 3.35. The van der Waals surface area contributed by atoms with E-state index in [0.29, 0.717) is 0 Å². The topological polar surface area (TPSA) is 34.4 Å². The molecular formula is C16H21NO2S. The molecule has 0 unspecified atom stereocenters. The van der Waals surface area contributed by atoms with Crippen LogP contribution in [0.4, 0.5) is 0 Å². The van der Waals surface area contributed by atoms with Crippen molar-refractivity contribution in [3.8, 4) is 5.75 Å². The predicted octanol–water partition coefficient (Wildman–Crippen LogP) is 3.83. The van der Waals surface area contributed by atoms with Crippen molar-refractivity contribution >= 4 is 11.8 Å². The number of furan rings is 1. The van der Waals surface area contributed by atoms with Gasteiger partial charge < -0.3 is 14.5 Å². The van der Waals surface area contributed by atoms with Gasteiger partial charge in [0.2, 0.25) is 0 Å². The smallest absolute Gasteiger partial charge is 0.122 e. The highest BCUT2D eigenvalue weighted by atomic mass is 32.2. The first-order chi connectivity index (χ1) is 9.83. The van der Waals surface area contributed by atoms with Gasteiger partial charge in [0, 0.05) is 17.9 Å². The van der Waals surface area contributed by atoms with Gasteiger partial charge in [0.25, 0.3) is 0 Å². The number of nitrogens with one attached hydrogen (secondary N) is 1. The molecule has 0 aliphatic heterocycles. The normalized spacial score (nSPS) is 10.7. The maximum atomic E-state index is 5.44. The van der Waals surface area contributed by atoms with Crippen LogP contribution in [0, 0.1) is 0 Å². The van der Waals surface area contributed by atoms with Gasteiger partial charge in [-0.1, -0.05) is 13.0 Å². The van der Waals surface area contributed by atoms with E-state index in [1.807, 2.05) is 23.9 Å². The third kappa shape index (κ3) is 4.32. The molecule has 0 spiro atoms. The quantitative estimate of drug-likeness (QED) is 0.801. The summed E-state index contributed by atoms with van der Waals surface area (Å²) in [6, 6.07) is 10.3. The Labute approximate surface area is 124 Å². The Morgan fingerprint density at radius 3 is 2.85 bits per heavy atom. The predicted molar refractivity (Wildman–Crippen MR) is 84.1 cm³/mol. The van der Waals surface area contributed by atoms with Gasteiger partial charge >= 0.3 is 0 Å². The molecular weight excluding hydrogens is 270 g/mol. The van der Waals surface area contributed by atoms with Crippen LogP contribution in [-0.2, 0) is 18.1 Å². The molecule has 1 N–H and O–H groups in total. The van der Waals surface area contributed by atoms with Gasteiger partial charge in [-0.05, 0) is 36.4 Å². The molecule has 0 saturated carbocycles. The largest absolute Gasteiger partial charge is 0.496 e. The van der Waals surface area contributed by atoms with E-state index in [4.69, 9.17) is 9.15 Å². The van der Waals surface area contributed by atoms with Crippen LogP contribution in [-0.4, -0.2) is 13.7 Å². The number of hydrogen-bond donors (Lipinski definition) is 1. The van der Waals surface area contributed by atoms with Gasteiger partial charge in [0.15, 0.2) is 0 Å². The lowest BCUT2D eigenvalue weighted by molar-refractivity contribution is 0.411. The van der Waals surface area contributed by atoms with E-state index in [0.717, 1.165) is 36.1 Å². The third-order valence-corrected chi connectivity index (χ3v) is 4.01. The highest BCUT2D eigenvalue weighted by Gasteiger charge is 2.05. The molecule has 1 aromatic heterocycles. The molecule has 1 aromatic carbocycles. The molecule has 1 heterocycles. The first kappa shape index (κ1) is 15.0. The maximum Gasteiger partial charge on any atom is 0.122 e. The summed E-state index contributed by atoms with van der Waals surface area (Å²) in [4.78, 5) is 0. The van der Waals surface area contributed by atoms with Crippen LogP contribution >= 0.6 is 11.8 Å². The van der Waals surface area contributed by atoms with Gasteiger partial charge in [-0.25, -0.2) is 0 Å². The van der Waals surface area contributed by atoms with Crippen LogP contribution in [0.25, 0.3) is 0 Å². The van der Waals surface area contributed by atoms with Crippen molar-refractivity contribution in [2.24, 2.45) is 0 Å². The Morgan fingerprint density at radius 1 is 1.25 bits per heavy atom. The number of thioether (sulfide) groups is 1. The van der Waals surface area contributed by atoms with Crippen LogP contribution in [0.1, 0.15) is 23.8 Å². The van der Waals surface area contributed by atoms with Gasteiger partial charge in [0.1, 0.15) is 11.5 Å². The molecule has 2 rings (SSSR count). The molecule has 0 bridgehead atoms. The Kier molecular flexibility index (Phi) is 6.02.